The van der Waals surface area contributed by atoms with Crippen molar-refractivity contribution in [1.82, 2.24) is 4.90 Å². The van der Waals surface area contributed by atoms with E-state index in [0.29, 0.717) is 17.2 Å². The fraction of sp³-hybridized carbons (Fsp3) is 0.389. The first-order chi connectivity index (χ1) is 10.2. The summed E-state index contributed by atoms with van der Waals surface area (Å²) in [7, 11) is 1.62. The van der Waals surface area contributed by atoms with E-state index < -0.39 is 0 Å². The minimum absolute atomic E-state index is 0.0872. The molecular weight excluding hydrogens is 262 g/mol. The van der Waals surface area contributed by atoms with Crippen LogP contribution >= 0.6 is 0 Å². The normalized spacial score (nSPS) is 18.8. The van der Waals surface area contributed by atoms with Gasteiger partial charge in [0, 0.05) is 13.1 Å². The van der Waals surface area contributed by atoms with Crippen molar-refractivity contribution in [3.63, 3.8) is 0 Å². The van der Waals surface area contributed by atoms with Gasteiger partial charge >= 0.3 is 0 Å². The highest BCUT2D eigenvalue weighted by atomic mass is 16.5. The maximum atomic E-state index is 12.8. The Labute approximate surface area is 125 Å². The molecule has 2 aromatic carbocycles. The van der Waals surface area contributed by atoms with Gasteiger partial charge in [-0.25, -0.2) is 0 Å². The summed E-state index contributed by atoms with van der Waals surface area (Å²) in [6, 6.07) is 12.0. The van der Waals surface area contributed by atoms with Crippen LogP contribution < -0.4 is 4.74 Å². The summed E-state index contributed by atoms with van der Waals surface area (Å²) in [6.45, 7) is 3.89. The van der Waals surface area contributed by atoms with Crippen LogP contribution in [0.3, 0.4) is 0 Å². The average molecular weight is 283 g/mol. The zero-order chi connectivity index (χ0) is 14.8. The number of hydrogen-bond acceptors (Lipinski definition) is 2. The number of likely N-dealkylation sites (tertiary alicyclic amines) is 1. The lowest BCUT2D eigenvalue weighted by atomic mass is 9.98. The Kier molecular flexibility index (Phi) is 3.82. The summed E-state index contributed by atoms with van der Waals surface area (Å²) in [5, 5.41) is 2.17. The molecule has 0 saturated carbocycles. The Balaban J connectivity index is 1.99. The first-order valence-electron chi connectivity index (χ1n) is 7.55. The number of carbonyl (C=O) groups is 1. The predicted molar refractivity (Wildman–Crippen MR) is 84.8 cm³/mol. The standard InChI is InChI=1S/C18H21NO2/c1-13-6-5-9-19(12-13)18(20)16-10-14-7-3-4-8-15(14)11-17(16)21-2/h3-4,7-8,10-11,13H,5-6,9,12H2,1-2H3/t13-/m1/s1. The second-order valence-electron chi connectivity index (χ2n) is 5.90. The lowest BCUT2D eigenvalue weighted by Gasteiger charge is -2.31. The molecule has 1 fully saturated rings. The molecule has 0 bridgehead atoms. The van der Waals surface area contributed by atoms with Crippen molar-refractivity contribution < 1.29 is 9.53 Å². The van der Waals surface area contributed by atoms with E-state index in [4.69, 9.17) is 4.74 Å². The van der Waals surface area contributed by atoms with Crippen molar-refractivity contribution >= 4 is 16.7 Å². The highest BCUT2D eigenvalue weighted by Gasteiger charge is 2.24. The fourth-order valence-electron chi connectivity index (χ4n) is 3.10. The minimum Gasteiger partial charge on any atom is -0.496 e. The van der Waals surface area contributed by atoms with Crippen LogP contribution in [0.25, 0.3) is 10.8 Å². The number of carbonyl (C=O) groups excluding carboxylic acids is 1. The molecule has 3 nitrogen and oxygen atoms in total. The third kappa shape index (κ3) is 2.73. The summed E-state index contributed by atoms with van der Waals surface area (Å²) in [5.74, 6) is 1.33. The van der Waals surface area contributed by atoms with Crippen molar-refractivity contribution in [3.05, 3.63) is 42.0 Å². The smallest absolute Gasteiger partial charge is 0.257 e. The molecule has 21 heavy (non-hydrogen) atoms. The second kappa shape index (κ2) is 5.76. The molecule has 0 N–H and O–H groups in total. The fourth-order valence-corrected chi connectivity index (χ4v) is 3.10. The number of hydrogen-bond donors (Lipinski definition) is 0. The molecule has 1 amide bonds. The van der Waals surface area contributed by atoms with Crippen LogP contribution in [0.15, 0.2) is 36.4 Å². The van der Waals surface area contributed by atoms with Gasteiger partial charge in [-0.2, -0.15) is 0 Å². The Morgan fingerprint density at radius 1 is 1.24 bits per heavy atom. The molecule has 1 atom stereocenters. The van der Waals surface area contributed by atoms with E-state index in [1.807, 2.05) is 41.3 Å². The Bertz CT molecular complexity index is 665. The van der Waals surface area contributed by atoms with Crippen molar-refractivity contribution in [1.29, 1.82) is 0 Å². The van der Waals surface area contributed by atoms with E-state index in [-0.39, 0.29) is 5.91 Å². The maximum Gasteiger partial charge on any atom is 0.257 e. The number of nitrogens with zero attached hydrogens (tertiary/aromatic N) is 1. The number of methoxy groups -OCH3 is 1. The number of ether oxygens (including phenoxy) is 1. The highest BCUT2D eigenvalue weighted by molar-refractivity contribution is 6.01. The summed E-state index contributed by atoms with van der Waals surface area (Å²) < 4.78 is 5.44. The van der Waals surface area contributed by atoms with E-state index in [1.165, 1.54) is 6.42 Å². The molecule has 1 saturated heterocycles. The van der Waals surface area contributed by atoms with Crippen molar-refractivity contribution in [3.8, 4) is 5.75 Å². The molecule has 0 unspecified atom stereocenters. The number of rotatable bonds is 2. The van der Waals surface area contributed by atoms with Gasteiger partial charge in [0.15, 0.2) is 0 Å². The molecule has 1 aliphatic rings. The van der Waals surface area contributed by atoms with Gasteiger partial charge in [0.2, 0.25) is 0 Å². The van der Waals surface area contributed by atoms with Crippen molar-refractivity contribution in [2.45, 2.75) is 19.8 Å². The maximum absolute atomic E-state index is 12.8. The SMILES string of the molecule is COc1cc2ccccc2cc1C(=O)N1CCC[C@@H](C)C1. The molecule has 0 radical (unpaired) electrons. The molecule has 2 aromatic rings. The van der Waals surface area contributed by atoms with Crippen LogP contribution in [0.4, 0.5) is 0 Å². The molecule has 0 aromatic heterocycles. The Hall–Kier alpha value is -2.03. The Morgan fingerprint density at radius 3 is 2.62 bits per heavy atom. The molecule has 3 rings (SSSR count). The molecule has 1 heterocycles. The van der Waals surface area contributed by atoms with Gasteiger partial charge in [0.25, 0.3) is 5.91 Å². The average Bonchev–Trinajstić information content (AvgIpc) is 2.53. The van der Waals surface area contributed by atoms with Crippen molar-refractivity contribution in [2.24, 2.45) is 5.92 Å². The zero-order valence-electron chi connectivity index (χ0n) is 12.6. The van der Waals surface area contributed by atoms with Gasteiger partial charge in [-0.05, 0) is 41.7 Å². The first-order valence-corrected chi connectivity index (χ1v) is 7.55. The minimum atomic E-state index is 0.0872. The monoisotopic (exact) mass is 283 g/mol. The molecule has 3 heteroatoms. The van der Waals surface area contributed by atoms with Gasteiger partial charge < -0.3 is 9.64 Å². The third-order valence-corrected chi connectivity index (χ3v) is 4.24. The van der Waals surface area contributed by atoms with Crippen molar-refractivity contribution in [2.75, 3.05) is 20.2 Å². The lowest BCUT2D eigenvalue weighted by Crippen LogP contribution is -2.39. The van der Waals surface area contributed by atoms with Crippen LogP contribution in [0.2, 0.25) is 0 Å². The van der Waals surface area contributed by atoms with E-state index in [0.717, 1.165) is 30.3 Å². The van der Waals surface area contributed by atoms with E-state index in [9.17, 15) is 4.79 Å². The summed E-state index contributed by atoms with van der Waals surface area (Å²) in [5.41, 5.74) is 0.672. The molecule has 1 aliphatic heterocycles. The molecule has 110 valence electrons. The van der Waals surface area contributed by atoms with Gasteiger partial charge in [-0.3, -0.25) is 4.79 Å². The lowest BCUT2D eigenvalue weighted by molar-refractivity contribution is 0.0680. The number of piperidine rings is 1. The van der Waals surface area contributed by atoms with Crippen LogP contribution in [0, 0.1) is 5.92 Å². The van der Waals surface area contributed by atoms with E-state index in [2.05, 4.69) is 6.92 Å². The number of benzene rings is 2. The van der Waals surface area contributed by atoms with Crippen LogP contribution in [0.1, 0.15) is 30.1 Å². The summed E-state index contributed by atoms with van der Waals surface area (Å²) in [6.07, 6.45) is 2.29. The first kappa shape index (κ1) is 13.9. The topological polar surface area (TPSA) is 29.5 Å². The third-order valence-electron chi connectivity index (χ3n) is 4.24. The largest absolute Gasteiger partial charge is 0.496 e. The molecule has 0 aliphatic carbocycles. The van der Waals surface area contributed by atoms with Gasteiger partial charge in [-0.1, -0.05) is 31.2 Å². The molecular formula is C18H21NO2. The Morgan fingerprint density at radius 2 is 1.95 bits per heavy atom. The van der Waals surface area contributed by atoms with Crippen LogP contribution in [-0.2, 0) is 0 Å². The van der Waals surface area contributed by atoms with E-state index >= 15 is 0 Å². The van der Waals surface area contributed by atoms with Gasteiger partial charge in [0.05, 0.1) is 12.7 Å². The number of amides is 1. The summed E-state index contributed by atoms with van der Waals surface area (Å²) >= 11 is 0. The molecule has 0 spiro atoms. The number of fused-ring (bicyclic) bond motifs is 1. The van der Waals surface area contributed by atoms with Gasteiger partial charge in [-0.15, -0.1) is 0 Å². The highest BCUT2D eigenvalue weighted by Crippen LogP contribution is 2.28. The predicted octanol–water partition coefficient (Wildman–Crippen LogP) is 3.72. The summed E-state index contributed by atoms with van der Waals surface area (Å²) in [4.78, 5) is 14.8. The zero-order valence-corrected chi connectivity index (χ0v) is 12.6. The quantitative estimate of drug-likeness (QED) is 0.840. The van der Waals surface area contributed by atoms with Crippen LogP contribution in [-0.4, -0.2) is 31.0 Å². The second-order valence-corrected chi connectivity index (χ2v) is 5.90. The van der Waals surface area contributed by atoms with E-state index in [1.54, 1.807) is 7.11 Å². The van der Waals surface area contributed by atoms with Crippen LogP contribution in [0.5, 0.6) is 5.75 Å². The van der Waals surface area contributed by atoms with Gasteiger partial charge in [0.1, 0.15) is 5.75 Å².